The van der Waals surface area contributed by atoms with Crippen LogP contribution in [0.3, 0.4) is 0 Å². The number of hydrogen-bond acceptors (Lipinski definition) is 4. The Hall–Kier alpha value is -2.73. The van der Waals surface area contributed by atoms with Gasteiger partial charge in [0.05, 0.1) is 12.2 Å². The van der Waals surface area contributed by atoms with E-state index >= 15 is 0 Å². The first-order chi connectivity index (χ1) is 13.1. The first kappa shape index (κ1) is 19.0. The van der Waals surface area contributed by atoms with Gasteiger partial charge in [-0.15, -0.1) is 0 Å². The summed E-state index contributed by atoms with van der Waals surface area (Å²) in [5.74, 6) is 0.559. The predicted molar refractivity (Wildman–Crippen MR) is 103 cm³/mol. The molecule has 1 aliphatic heterocycles. The molecule has 0 bridgehead atoms. The third-order valence-electron chi connectivity index (χ3n) is 4.09. The van der Waals surface area contributed by atoms with Gasteiger partial charge in [0.1, 0.15) is 11.5 Å². The fraction of sp³-hybridized carbons (Fsp3) is 0.300. The van der Waals surface area contributed by atoms with E-state index in [0.29, 0.717) is 28.8 Å². The molecule has 1 heterocycles. The van der Waals surface area contributed by atoms with Gasteiger partial charge in [0.25, 0.3) is 11.8 Å². The van der Waals surface area contributed by atoms with Crippen molar-refractivity contribution in [2.24, 2.45) is 0 Å². The highest BCUT2D eigenvalue weighted by molar-refractivity contribution is 6.30. The lowest BCUT2D eigenvalue weighted by Crippen LogP contribution is -2.51. The summed E-state index contributed by atoms with van der Waals surface area (Å²) in [6, 6.07) is 13.9. The number of benzene rings is 2. The van der Waals surface area contributed by atoms with Crippen LogP contribution in [0.5, 0.6) is 11.5 Å². The first-order valence-electron chi connectivity index (χ1n) is 8.80. The molecule has 6 nitrogen and oxygen atoms in total. The fourth-order valence-corrected chi connectivity index (χ4v) is 2.85. The Morgan fingerprint density at radius 2 is 1.96 bits per heavy atom. The molecule has 1 aliphatic rings. The topological polar surface area (TPSA) is 67.9 Å². The second-order valence-electron chi connectivity index (χ2n) is 6.11. The van der Waals surface area contributed by atoms with Crippen molar-refractivity contribution in [2.45, 2.75) is 19.4 Å². The molecule has 7 heteroatoms. The number of anilines is 1. The number of halogens is 1. The van der Waals surface area contributed by atoms with E-state index in [1.165, 1.54) is 4.90 Å². The van der Waals surface area contributed by atoms with Gasteiger partial charge in [-0.1, -0.05) is 30.7 Å². The lowest BCUT2D eigenvalue weighted by atomic mass is 10.1. The minimum absolute atomic E-state index is 0.134. The van der Waals surface area contributed by atoms with Gasteiger partial charge in [0.2, 0.25) is 0 Å². The van der Waals surface area contributed by atoms with Crippen LogP contribution in [0.1, 0.15) is 13.3 Å². The number of ether oxygens (including phenoxy) is 2. The maximum atomic E-state index is 12.8. The molecule has 27 heavy (non-hydrogen) atoms. The third kappa shape index (κ3) is 4.71. The number of fused-ring (bicyclic) bond motifs is 1. The lowest BCUT2D eigenvalue weighted by Gasteiger charge is -2.34. The molecule has 0 fully saturated rings. The monoisotopic (exact) mass is 388 g/mol. The van der Waals surface area contributed by atoms with Crippen molar-refractivity contribution in [3.63, 3.8) is 0 Å². The molecular formula is C20H21ClN2O4. The quantitative estimate of drug-likeness (QED) is 0.825. The Balaban J connectivity index is 1.72. The van der Waals surface area contributed by atoms with E-state index in [2.05, 4.69) is 5.32 Å². The van der Waals surface area contributed by atoms with Crippen LogP contribution in [0, 0.1) is 0 Å². The van der Waals surface area contributed by atoms with Gasteiger partial charge < -0.3 is 19.7 Å². The highest BCUT2D eigenvalue weighted by Gasteiger charge is 2.33. The van der Waals surface area contributed by atoms with Crippen molar-refractivity contribution in [3.8, 4) is 11.5 Å². The molecule has 0 radical (unpaired) electrons. The number of rotatable bonds is 6. The standard InChI is InChI=1S/C20H21ClN2O4/c1-2-11-22-20(25)18-12-23(16-5-3-4-6-17(16)27-18)19(24)13-26-15-9-7-14(21)8-10-15/h3-10,18H,2,11-13H2,1H3,(H,22,25)/t18-/m1/s1. The molecule has 0 spiro atoms. The van der Waals surface area contributed by atoms with Crippen molar-refractivity contribution in [2.75, 3.05) is 24.6 Å². The van der Waals surface area contributed by atoms with Crippen LogP contribution >= 0.6 is 11.6 Å². The largest absolute Gasteiger partial charge is 0.484 e. The zero-order valence-electron chi connectivity index (χ0n) is 15.0. The molecule has 142 valence electrons. The van der Waals surface area contributed by atoms with E-state index in [1.807, 2.05) is 13.0 Å². The summed E-state index contributed by atoms with van der Waals surface area (Å²) < 4.78 is 11.3. The second kappa shape index (κ2) is 8.77. The van der Waals surface area contributed by atoms with Crippen molar-refractivity contribution in [3.05, 3.63) is 53.6 Å². The summed E-state index contributed by atoms with van der Waals surface area (Å²) in [6.45, 7) is 2.52. The van der Waals surface area contributed by atoms with Gasteiger partial charge in [-0.2, -0.15) is 0 Å². The summed E-state index contributed by atoms with van der Waals surface area (Å²) in [6.07, 6.45) is 0.0676. The van der Waals surface area contributed by atoms with E-state index in [0.717, 1.165) is 6.42 Å². The van der Waals surface area contributed by atoms with Crippen LogP contribution < -0.4 is 19.7 Å². The molecule has 2 aromatic rings. The van der Waals surface area contributed by atoms with Crippen LogP contribution in [0.2, 0.25) is 5.02 Å². The predicted octanol–water partition coefficient (Wildman–Crippen LogP) is 3.04. The summed E-state index contributed by atoms with van der Waals surface area (Å²) in [7, 11) is 0. The smallest absolute Gasteiger partial charge is 0.265 e. The molecule has 0 saturated carbocycles. The zero-order valence-corrected chi connectivity index (χ0v) is 15.7. The third-order valence-corrected chi connectivity index (χ3v) is 4.34. The van der Waals surface area contributed by atoms with Gasteiger partial charge in [0, 0.05) is 11.6 Å². The molecule has 0 aromatic heterocycles. The van der Waals surface area contributed by atoms with Gasteiger partial charge in [-0.3, -0.25) is 9.59 Å². The highest BCUT2D eigenvalue weighted by atomic mass is 35.5. The fourth-order valence-electron chi connectivity index (χ4n) is 2.72. The molecule has 0 aliphatic carbocycles. The number of carbonyl (C=O) groups is 2. The molecule has 0 saturated heterocycles. The summed E-state index contributed by atoms with van der Waals surface area (Å²) in [5, 5.41) is 3.40. The van der Waals surface area contributed by atoms with E-state index < -0.39 is 6.10 Å². The van der Waals surface area contributed by atoms with Crippen LogP contribution in [-0.2, 0) is 9.59 Å². The SMILES string of the molecule is CCCNC(=O)[C@H]1CN(C(=O)COc2ccc(Cl)cc2)c2ccccc2O1. The van der Waals surface area contributed by atoms with Crippen LogP contribution in [-0.4, -0.2) is 37.6 Å². The summed E-state index contributed by atoms with van der Waals surface area (Å²) in [4.78, 5) is 26.6. The van der Waals surface area contributed by atoms with Crippen molar-refractivity contribution in [1.29, 1.82) is 0 Å². The molecule has 3 rings (SSSR count). The van der Waals surface area contributed by atoms with Crippen molar-refractivity contribution >= 4 is 29.1 Å². The molecule has 0 unspecified atom stereocenters. The number of nitrogens with zero attached hydrogens (tertiary/aromatic N) is 1. The Morgan fingerprint density at radius 1 is 1.22 bits per heavy atom. The maximum Gasteiger partial charge on any atom is 0.265 e. The zero-order chi connectivity index (χ0) is 19.2. The average Bonchev–Trinajstić information content (AvgIpc) is 2.70. The van der Waals surface area contributed by atoms with Crippen molar-refractivity contribution < 1.29 is 19.1 Å². The molecular weight excluding hydrogens is 368 g/mol. The molecule has 2 aromatic carbocycles. The molecule has 1 N–H and O–H groups in total. The Morgan fingerprint density at radius 3 is 2.70 bits per heavy atom. The summed E-state index contributed by atoms with van der Waals surface area (Å²) in [5.41, 5.74) is 0.627. The number of hydrogen-bond donors (Lipinski definition) is 1. The molecule has 2 amide bonds. The normalized spacial score (nSPS) is 15.5. The van der Waals surface area contributed by atoms with E-state index in [4.69, 9.17) is 21.1 Å². The number of para-hydroxylation sites is 2. The van der Waals surface area contributed by atoms with Crippen LogP contribution in [0.15, 0.2) is 48.5 Å². The minimum atomic E-state index is -0.758. The summed E-state index contributed by atoms with van der Waals surface area (Å²) >= 11 is 5.85. The average molecular weight is 389 g/mol. The number of amides is 2. The van der Waals surface area contributed by atoms with E-state index in [1.54, 1.807) is 42.5 Å². The Kier molecular flexibility index (Phi) is 6.19. The van der Waals surface area contributed by atoms with Gasteiger partial charge in [-0.25, -0.2) is 0 Å². The van der Waals surface area contributed by atoms with Crippen molar-refractivity contribution in [1.82, 2.24) is 5.32 Å². The second-order valence-corrected chi connectivity index (χ2v) is 6.55. The van der Waals surface area contributed by atoms with E-state index in [-0.39, 0.29) is 25.0 Å². The number of nitrogens with one attached hydrogen (secondary N) is 1. The van der Waals surface area contributed by atoms with Gasteiger partial charge >= 0.3 is 0 Å². The van der Waals surface area contributed by atoms with E-state index in [9.17, 15) is 9.59 Å². The maximum absolute atomic E-state index is 12.8. The molecule has 1 atom stereocenters. The van der Waals surface area contributed by atoms with Gasteiger partial charge in [-0.05, 0) is 42.8 Å². The Bertz CT molecular complexity index is 810. The van der Waals surface area contributed by atoms with Gasteiger partial charge in [0.15, 0.2) is 12.7 Å². The highest BCUT2D eigenvalue weighted by Crippen LogP contribution is 2.33. The van der Waals surface area contributed by atoms with Crippen LogP contribution in [0.25, 0.3) is 0 Å². The Labute approximate surface area is 163 Å². The lowest BCUT2D eigenvalue weighted by molar-refractivity contribution is -0.128. The van der Waals surface area contributed by atoms with Crippen LogP contribution in [0.4, 0.5) is 5.69 Å². The minimum Gasteiger partial charge on any atom is -0.484 e. The first-order valence-corrected chi connectivity index (χ1v) is 9.18. The number of carbonyl (C=O) groups excluding carboxylic acids is 2.